The number of para-hydroxylation sites is 1. The number of amides is 1. The number of hydrogen-bond acceptors (Lipinski definition) is 5. The molecule has 7 heteroatoms. The predicted octanol–water partition coefficient (Wildman–Crippen LogP) is 5.59. The molecule has 0 unspecified atom stereocenters. The number of benzene rings is 1. The second kappa shape index (κ2) is 7.78. The van der Waals surface area contributed by atoms with Crippen molar-refractivity contribution >= 4 is 56.5 Å². The molecule has 1 amide bonds. The largest absolute Gasteiger partial charge is 0.324 e. The lowest BCUT2D eigenvalue weighted by Gasteiger charge is -2.18. The molecule has 2 aromatic heterocycles. The number of nitrogens with one attached hydrogen (secondary N) is 1. The van der Waals surface area contributed by atoms with Gasteiger partial charge in [0.15, 0.2) is 0 Å². The third-order valence-electron chi connectivity index (χ3n) is 4.85. The number of anilines is 1. The van der Waals surface area contributed by atoms with Crippen molar-refractivity contribution in [2.75, 3.05) is 5.32 Å². The van der Waals surface area contributed by atoms with Crippen LogP contribution < -0.4 is 5.32 Å². The predicted molar refractivity (Wildman–Crippen MR) is 114 cm³/mol. The quantitative estimate of drug-likeness (QED) is 0.444. The maximum Gasteiger partial charge on any atom is 0.237 e. The number of aryl methyl sites for hydroxylation is 1. The van der Waals surface area contributed by atoms with Crippen molar-refractivity contribution in [2.45, 2.75) is 43.4 Å². The number of rotatable bonds is 4. The third-order valence-corrected chi connectivity index (χ3v) is 7.44. The van der Waals surface area contributed by atoms with E-state index in [1.165, 1.54) is 28.6 Å². The van der Waals surface area contributed by atoms with Crippen molar-refractivity contribution in [1.29, 1.82) is 0 Å². The first-order chi connectivity index (χ1) is 13.0. The molecular weight excluding hydrogens is 398 g/mol. The Morgan fingerprint density at radius 2 is 2.19 bits per heavy atom. The van der Waals surface area contributed by atoms with Gasteiger partial charge in [-0.1, -0.05) is 42.4 Å². The molecule has 4 nitrogen and oxygen atoms in total. The van der Waals surface area contributed by atoms with E-state index in [0.717, 1.165) is 34.0 Å². The smallest absolute Gasteiger partial charge is 0.237 e. The van der Waals surface area contributed by atoms with Gasteiger partial charge in [-0.25, -0.2) is 9.97 Å². The van der Waals surface area contributed by atoms with Gasteiger partial charge in [0.2, 0.25) is 5.91 Å². The maximum atomic E-state index is 12.6. The van der Waals surface area contributed by atoms with Crippen LogP contribution in [0.2, 0.25) is 5.02 Å². The SMILES string of the molecule is C[C@@H]1CCc2c(sc3ncnc(S[C@H](C)C(=O)Nc4ccccc4Cl)c23)C1. The second-order valence-corrected chi connectivity index (χ2v) is 9.76. The van der Waals surface area contributed by atoms with Crippen molar-refractivity contribution in [3.05, 3.63) is 46.1 Å². The highest BCUT2D eigenvalue weighted by atomic mass is 35.5. The summed E-state index contributed by atoms with van der Waals surface area (Å²) >= 11 is 9.41. The number of thioether (sulfide) groups is 1. The summed E-state index contributed by atoms with van der Waals surface area (Å²) in [6, 6.07) is 7.26. The van der Waals surface area contributed by atoms with Crippen molar-refractivity contribution in [2.24, 2.45) is 5.92 Å². The average Bonchev–Trinajstić information content (AvgIpc) is 3.01. The number of fused-ring (bicyclic) bond motifs is 3. The minimum Gasteiger partial charge on any atom is -0.324 e. The Balaban J connectivity index is 1.58. The highest BCUT2D eigenvalue weighted by Gasteiger charge is 2.25. The van der Waals surface area contributed by atoms with Crippen LogP contribution in [0.4, 0.5) is 5.69 Å². The van der Waals surface area contributed by atoms with Gasteiger partial charge < -0.3 is 5.32 Å². The Bertz CT molecular complexity index is 1000. The van der Waals surface area contributed by atoms with Crippen LogP contribution >= 0.6 is 34.7 Å². The molecule has 0 bridgehead atoms. The molecule has 0 fully saturated rings. The molecule has 0 saturated carbocycles. The Morgan fingerprint density at radius 3 is 3.00 bits per heavy atom. The minimum absolute atomic E-state index is 0.0856. The van der Waals surface area contributed by atoms with Gasteiger partial charge in [-0.2, -0.15) is 0 Å². The van der Waals surface area contributed by atoms with E-state index in [0.29, 0.717) is 10.7 Å². The first-order valence-corrected chi connectivity index (χ1v) is 11.1. The van der Waals surface area contributed by atoms with Crippen LogP contribution in [0.1, 0.15) is 30.7 Å². The summed E-state index contributed by atoms with van der Waals surface area (Å²) in [6.07, 6.45) is 4.98. The molecule has 2 atom stereocenters. The zero-order valence-electron chi connectivity index (χ0n) is 15.2. The van der Waals surface area contributed by atoms with Gasteiger partial charge in [0.05, 0.1) is 16.0 Å². The molecule has 1 N–H and O–H groups in total. The van der Waals surface area contributed by atoms with Crippen LogP contribution in [-0.2, 0) is 17.6 Å². The fourth-order valence-electron chi connectivity index (χ4n) is 3.35. The van der Waals surface area contributed by atoms with E-state index in [1.807, 2.05) is 19.1 Å². The molecule has 0 radical (unpaired) electrons. The summed E-state index contributed by atoms with van der Waals surface area (Å²) < 4.78 is 0. The van der Waals surface area contributed by atoms with Gasteiger partial charge in [0, 0.05) is 10.3 Å². The lowest BCUT2D eigenvalue weighted by molar-refractivity contribution is -0.115. The molecule has 0 aliphatic heterocycles. The van der Waals surface area contributed by atoms with Crippen LogP contribution in [0.3, 0.4) is 0 Å². The van der Waals surface area contributed by atoms with Crippen LogP contribution in [0.25, 0.3) is 10.2 Å². The van der Waals surface area contributed by atoms with Crippen LogP contribution in [-0.4, -0.2) is 21.1 Å². The molecule has 140 valence electrons. The highest BCUT2D eigenvalue weighted by Crippen LogP contribution is 2.41. The molecule has 0 spiro atoms. The number of aromatic nitrogens is 2. The van der Waals surface area contributed by atoms with Crippen LogP contribution in [0, 0.1) is 5.92 Å². The van der Waals surface area contributed by atoms with E-state index < -0.39 is 0 Å². The van der Waals surface area contributed by atoms with E-state index in [4.69, 9.17) is 11.6 Å². The molecule has 4 rings (SSSR count). The Hall–Kier alpha value is -1.63. The van der Waals surface area contributed by atoms with Crippen LogP contribution in [0.15, 0.2) is 35.6 Å². The second-order valence-electron chi connectivity index (χ2n) is 6.94. The zero-order valence-corrected chi connectivity index (χ0v) is 17.5. The highest BCUT2D eigenvalue weighted by molar-refractivity contribution is 8.00. The van der Waals surface area contributed by atoms with Gasteiger partial charge in [0.25, 0.3) is 0 Å². The normalized spacial score (nSPS) is 17.5. The summed E-state index contributed by atoms with van der Waals surface area (Å²) in [5.74, 6) is 0.632. The number of halogens is 1. The summed E-state index contributed by atoms with van der Waals surface area (Å²) in [7, 11) is 0. The van der Waals surface area contributed by atoms with E-state index in [1.54, 1.807) is 29.8 Å². The topological polar surface area (TPSA) is 54.9 Å². The number of carbonyl (C=O) groups is 1. The van der Waals surface area contributed by atoms with E-state index in [2.05, 4.69) is 22.2 Å². The first-order valence-electron chi connectivity index (χ1n) is 9.00. The van der Waals surface area contributed by atoms with E-state index in [9.17, 15) is 4.79 Å². The molecule has 27 heavy (non-hydrogen) atoms. The average molecular weight is 418 g/mol. The number of hydrogen-bond donors (Lipinski definition) is 1. The molecule has 1 aliphatic rings. The summed E-state index contributed by atoms with van der Waals surface area (Å²) in [5, 5.41) is 5.19. The van der Waals surface area contributed by atoms with Gasteiger partial charge >= 0.3 is 0 Å². The minimum atomic E-state index is -0.294. The van der Waals surface area contributed by atoms with Crippen molar-refractivity contribution in [1.82, 2.24) is 9.97 Å². The lowest BCUT2D eigenvalue weighted by atomic mass is 9.89. The Labute approximate surface area is 171 Å². The molecular formula is C20H20ClN3OS2. The van der Waals surface area contributed by atoms with Gasteiger partial charge in [-0.15, -0.1) is 11.3 Å². The molecule has 2 heterocycles. The molecule has 0 saturated heterocycles. The molecule has 3 aromatic rings. The lowest BCUT2D eigenvalue weighted by Crippen LogP contribution is -2.22. The van der Waals surface area contributed by atoms with E-state index >= 15 is 0 Å². The number of carbonyl (C=O) groups excluding carboxylic acids is 1. The summed E-state index contributed by atoms with van der Waals surface area (Å²) in [4.78, 5) is 24.1. The Morgan fingerprint density at radius 1 is 1.37 bits per heavy atom. The summed E-state index contributed by atoms with van der Waals surface area (Å²) in [5.41, 5.74) is 2.02. The van der Waals surface area contributed by atoms with Crippen molar-refractivity contribution in [3.8, 4) is 0 Å². The standard InChI is InChI=1S/C20H20ClN3OS2/c1-11-7-8-13-16(9-11)27-20-17(13)19(22-10-23-20)26-12(2)18(25)24-15-6-4-3-5-14(15)21/h3-6,10-12H,7-9H2,1-2H3,(H,24,25)/t11-,12-/m1/s1. The fraction of sp³-hybridized carbons (Fsp3) is 0.350. The monoisotopic (exact) mass is 417 g/mol. The van der Waals surface area contributed by atoms with Crippen molar-refractivity contribution < 1.29 is 4.79 Å². The Kier molecular flexibility index (Phi) is 5.39. The zero-order chi connectivity index (χ0) is 19.0. The summed E-state index contributed by atoms with van der Waals surface area (Å²) in [6.45, 7) is 4.20. The van der Waals surface area contributed by atoms with Gasteiger partial charge in [0.1, 0.15) is 16.2 Å². The van der Waals surface area contributed by atoms with Gasteiger partial charge in [-0.3, -0.25) is 4.79 Å². The van der Waals surface area contributed by atoms with Crippen molar-refractivity contribution in [3.63, 3.8) is 0 Å². The van der Waals surface area contributed by atoms with Crippen LogP contribution in [0.5, 0.6) is 0 Å². The maximum absolute atomic E-state index is 12.6. The fourth-order valence-corrected chi connectivity index (χ4v) is 5.90. The van der Waals surface area contributed by atoms with Gasteiger partial charge in [-0.05, 0) is 49.8 Å². The van der Waals surface area contributed by atoms with E-state index in [-0.39, 0.29) is 11.2 Å². The molecule has 1 aliphatic carbocycles. The first kappa shape index (κ1) is 18.7. The number of thiophene rings is 1. The third kappa shape index (κ3) is 3.84. The number of nitrogens with zero attached hydrogens (tertiary/aromatic N) is 2. The molecule has 1 aromatic carbocycles.